The molecule has 0 fully saturated rings. The lowest BCUT2D eigenvalue weighted by molar-refractivity contribution is 0.377. The average molecular weight is 364 g/mol. The molecule has 0 saturated heterocycles. The van der Waals surface area contributed by atoms with E-state index in [2.05, 4.69) is 50.0 Å². The van der Waals surface area contributed by atoms with Gasteiger partial charge < -0.3 is 9.42 Å². The summed E-state index contributed by atoms with van der Waals surface area (Å²) >= 11 is 5.03. The molecule has 21 heavy (non-hydrogen) atoms. The topological polar surface area (TPSA) is 42.2 Å². The summed E-state index contributed by atoms with van der Waals surface area (Å²) in [4.78, 5) is 7.67. The summed E-state index contributed by atoms with van der Waals surface area (Å²) in [5, 5.41) is 6.07. The molecule has 0 amide bonds. The van der Waals surface area contributed by atoms with Crippen molar-refractivity contribution in [3.05, 3.63) is 52.1 Å². The second-order valence-electron chi connectivity index (χ2n) is 4.49. The summed E-state index contributed by atoms with van der Waals surface area (Å²) in [7, 11) is 0. The van der Waals surface area contributed by atoms with Crippen LogP contribution in [-0.4, -0.2) is 16.7 Å². The molecule has 4 nitrogen and oxygen atoms in total. The molecule has 0 bridgehead atoms. The maximum atomic E-state index is 5.37. The van der Waals surface area contributed by atoms with Gasteiger partial charge in [0.15, 0.2) is 0 Å². The number of benzene rings is 1. The van der Waals surface area contributed by atoms with Crippen LogP contribution < -0.4 is 4.90 Å². The Morgan fingerprint density at radius 2 is 2.10 bits per heavy atom. The van der Waals surface area contributed by atoms with Crippen molar-refractivity contribution in [2.45, 2.75) is 13.5 Å². The molecule has 0 aliphatic carbocycles. The fourth-order valence-corrected chi connectivity index (χ4v) is 3.39. The minimum absolute atomic E-state index is 0.611. The van der Waals surface area contributed by atoms with E-state index in [1.807, 2.05) is 29.6 Å². The van der Waals surface area contributed by atoms with Gasteiger partial charge in [-0.15, -0.1) is 11.3 Å². The Balaban J connectivity index is 1.77. The smallest absolute Gasteiger partial charge is 0.246 e. The largest absolute Gasteiger partial charge is 0.362 e. The van der Waals surface area contributed by atoms with Crippen LogP contribution in [0.25, 0.3) is 10.7 Å². The van der Waals surface area contributed by atoms with Crippen molar-refractivity contribution >= 4 is 33.0 Å². The van der Waals surface area contributed by atoms with Crippen LogP contribution in [0.5, 0.6) is 0 Å². The first kappa shape index (κ1) is 14.3. The Labute approximate surface area is 135 Å². The zero-order valence-corrected chi connectivity index (χ0v) is 13.9. The monoisotopic (exact) mass is 363 g/mol. The molecule has 0 N–H and O–H groups in total. The number of aromatic nitrogens is 2. The lowest BCUT2D eigenvalue weighted by Gasteiger charge is -2.20. The first-order chi connectivity index (χ1) is 10.3. The van der Waals surface area contributed by atoms with Gasteiger partial charge in [-0.25, -0.2) is 0 Å². The Morgan fingerprint density at radius 1 is 1.29 bits per heavy atom. The van der Waals surface area contributed by atoms with Crippen LogP contribution in [0.2, 0.25) is 0 Å². The lowest BCUT2D eigenvalue weighted by Crippen LogP contribution is -2.21. The number of anilines is 1. The van der Waals surface area contributed by atoms with E-state index < -0.39 is 0 Å². The van der Waals surface area contributed by atoms with Gasteiger partial charge in [0.2, 0.25) is 11.7 Å². The molecule has 0 atom stereocenters. The number of nitrogens with zero attached hydrogens (tertiary/aromatic N) is 3. The molecule has 108 valence electrons. The second-order valence-corrected chi connectivity index (χ2v) is 6.32. The molecule has 2 aromatic heterocycles. The Bertz CT molecular complexity index is 711. The van der Waals surface area contributed by atoms with Crippen molar-refractivity contribution in [1.82, 2.24) is 10.1 Å². The minimum atomic E-state index is 0.611. The van der Waals surface area contributed by atoms with Crippen molar-refractivity contribution < 1.29 is 4.52 Å². The van der Waals surface area contributed by atoms with Gasteiger partial charge in [0.1, 0.15) is 0 Å². The van der Waals surface area contributed by atoms with Crippen molar-refractivity contribution in [1.29, 1.82) is 0 Å². The van der Waals surface area contributed by atoms with E-state index in [0.717, 1.165) is 21.6 Å². The van der Waals surface area contributed by atoms with Crippen molar-refractivity contribution in [3.63, 3.8) is 0 Å². The molecule has 6 heteroatoms. The van der Waals surface area contributed by atoms with Gasteiger partial charge in [0.25, 0.3) is 0 Å². The van der Waals surface area contributed by atoms with E-state index in [1.54, 1.807) is 11.3 Å². The van der Waals surface area contributed by atoms with Gasteiger partial charge >= 0.3 is 0 Å². The molecular formula is C15H14BrN3OS. The molecule has 0 unspecified atom stereocenters. The highest BCUT2D eigenvalue weighted by molar-refractivity contribution is 9.10. The molecule has 0 spiro atoms. The number of rotatable bonds is 5. The second kappa shape index (κ2) is 6.41. The molecule has 2 heterocycles. The summed E-state index contributed by atoms with van der Waals surface area (Å²) in [5.41, 5.74) is 1.15. The molecule has 3 aromatic rings. The van der Waals surface area contributed by atoms with Crippen LogP contribution in [0.3, 0.4) is 0 Å². The third-order valence-electron chi connectivity index (χ3n) is 3.09. The van der Waals surface area contributed by atoms with Gasteiger partial charge in [0.05, 0.1) is 11.4 Å². The van der Waals surface area contributed by atoms with Gasteiger partial charge in [-0.3, -0.25) is 0 Å². The van der Waals surface area contributed by atoms with Crippen LogP contribution in [0.1, 0.15) is 12.8 Å². The average Bonchev–Trinajstić information content (AvgIpc) is 3.14. The van der Waals surface area contributed by atoms with Gasteiger partial charge in [0, 0.05) is 22.1 Å². The zero-order chi connectivity index (χ0) is 14.7. The van der Waals surface area contributed by atoms with Gasteiger partial charge in [-0.1, -0.05) is 23.4 Å². The normalized spacial score (nSPS) is 10.8. The van der Waals surface area contributed by atoms with Gasteiger partial charge in [-0.05, 0) is 41.1 Å². The number of halogens is 1. The highest BCUT2D eigenvalue weighted by atomic mass is 79.9. The molecule has 0 saturated carbocycles. The highest BCUT2D eigenvalue weighted by Gasteiger charge is 2.13. The fourth-order valence-electron chi connectivity index (χ4n) is 2.04. The molecule has 0 aliphatic heterocycles. The van der Waals surface area contributed by atoms with Crippen LogP contribution >= 0.6 is 27.3 Å². The fraction of sp³-hybridized carbons (Fsp3) is 0.200. The first-order valence-corrected chi connectivity index (χ1v) is 8.30. The van der Waals surface area contributed by atoms with E-state index in [0.29, 0.717) is 18.3 Å². The van der Waals surface area contributed by atoms with E-state index in [9.17, 15) is 0 Å². The van der Waals surface area contributed by atoms with E-state index in [1.165, 1.54) is 0 Å². The van der Waals surface area contributed by atoms with Crippen LogP contribution in [-0.2, 0) is 6.54 Å². The summed E-state index contributed by atoms with van der Waals surface area (Å²) in [6.45, 7) is 3.60. The van der Waals surface area contributed by atoms with Crippen LogP contribution in [0, 0.1) is 0 Å². The van der Waals surface area contributed by atoms with E-state index >= 15 is 0 Å². The number of para-hydroxylation sites is 1. The first-order valence-electron chi connectivity index (χ1n) is 6.63. The van der Waals surface area contributed by atoms with Crippen LogP contribution in [0.4, 0.5) is 5.69 Å². The molecule has 3 rings (SSSR count). The highest BCUT2D eigenvalue weighted by Crippen LogP contribution is 2.28. The Morgan fingerprint density at radius 3 is 2.76 bits per heavy atom. The maximum Gasteiger partial charge on any atom is 0.246 e. The third kappa shape index (κ3) is 3.33. The van der Waals surface area contributed by atoms with Crippen molar-refractivity contribution in [3.8, 4) is 10.7 Å². The van der Waals surface area contributed by atoms with Gasteiger partial charge in [-0.2, -0.15) is 4.98 Å². The molecular weight excluding hydrogens is 350 g/mol. The summed E-state index contributed by atoms with van der Waals surface area (Å²) in [6.07, 6.45) is 0. The molecule has 1 aromatic carbocycles. The third-order valence-corrected chi connectivity index (χ3v) is 4.77. The Hall–Kier alpha value is -1.66. The predicted molar refractivity (Wildman–Crippen MR) is 88.5 cm³/mol. The maximum absolute atomic E-state index is 5.37. The zero-order valence-electron chi connectivity index (χ0n) is 11.5. The summed E-state index contributed by atoms with van der Waals surface area (Å²) in [6, 6.07) is 12.2. The summed E-state index contributed by atoms with van der Waals surface area (Å²) in [5.74, 6) is 1.27. The van der Waals surface area contributed by atoms with E-state index in [-0.39, 0.29) is 0 Å². The number of thiophene rings is 1. The summed E-state index contributed by atoms with van der Waals surface area (Å²) < 4.78 is 6.41. The molecule has 0 radical (unpaired) electrons. The quantitative estimate of drug-likeness (QED) is 0.664. The SMILES string of the molecule is CCN(Cc1nc(-c2cc(Br)cs2)no1)c1ccccc1. The lowest BCUT2D eigenvalue weighted by atomic mass is 10.3. The number of hydrogen-bond donors (Lipinski definition) is 0. The van der Waals surface area contributed by atoms with Crippen molar-refractivity contribution in [2.24, 2.45) is 0 Å². The van der Waals surface area contributed by atoms with E-state index in [4.69, 9.17) is 4.52 Å². The van der Waals surface area contributed by atoms with Crippen molar-refractivity contribution in [2.75, 3.05) is 11.4 Å². The Kier molecular flexibility index (Phi) is 4.36. The predicted octanol–water partition coefficient (Wildman–Crippen LogP) is 4.59. The van der Waals surface area contributed by atoms with Crippen LogP contribution in [0.15, 0.2) is 50.8 Å². The molecule has 0 aliphatic rings. The number of hydrogen-bond acceptors (Lipinski definition) is 5. The minimum Gasteiger partial charge on any atom is -0.362 e. The standard InChI is InChI=1S/C15H14BrN3OS/c1-2-19(12-6-4-3-5-7-12)9-14-17-15(18-20-14)13-8-11(16)10-21-13/h3-8,10H,2,9H2,1H3.